The molecule has 120 valence electrons. The van der Waals surface area contributed by atoms with Gasteiger partial charge in [0.15, 0.2) is 10.9 Å². The Hall–Kier alpha value is -1.60. The number of aromatic nitrogens is 2. The fourth-order valence-electron chi connectivity index (χ4n) is 2.60. The number of hydrogen-bond donors (Lipinski definition) is 2. The molecule has 2 aromatic heterocycles. The van der Waals surface area contributed by atoms with Gasteiger partial charge in [0.2, 0.25) is 0 Å². The van der Waals surface area contributed by atoms with Crippen molar-refractivity contribution in [1.82, 2.24) is 20.0 Å². The molecule has 1 fully saturated rings. The van der Waals surface area contributed by atoms with Gasteiger partial charge in [-0.25, -0.2) is 9.98 Å². The maximum atomic E-state index is 5.80. The third-order valence-electron chi connectivity index (χ3n) is 3.82. The van der Waals surface area contributed by atoms with Crippen LogP contribution in [0.5, 0.6) is 0 Å². The molecule has 1 aliphatic rings. The van der Waals surface area contributed by atoms with Crippen molar-refractivity contribution >= 4 is 22.3 Å². The Kier molecular flexibility index (Phi) is 4.63. The molecule has 1 atom stereocenters. The summed E-state index contributed by atoms with van der Waals surface area (Å²) < 4.78 is 7.83. The Labute approximate surface area is 134 Å². The number of guanidine groups is 1. The maximum Gasteiger partial charge on any atom is 0.193 e. The highest BCUT2D eigenvalue weighted by Crippen LogP contribution is 2.23. The van der Waals surface area contributed by atoms with Crippen molar-refractivity contribution in [1.29, 1.82) is 0 Å². The van der Waals surface area contributed by atoms with Crippen LogP contribution in [0.4, 0.5) is 0 Å². The van der Waals surface area contributed by atoms with E-state index in [-0.39, 0.29) is 5.60 Å². The van der Waals surface area contributed by atoms with Crippen molar-refractivity contribution in [2.24, 2.45) is 4.99 Å². The van der Waals surface area contributed by atoms with Crippen LogP contribution in [0.3, 0.4) is 0 Å². The van der Waals surface area contributed by atoms with Gasteiger partial charge in [0, 0.05) is 37.5 Å². The number of aliphatic imine (C=N–C) groups is 1. The SMILES string of the molecule is CCNC(=NCc1cn2ccsc2n1)NCC1(C)CCCO1. The smallest absolute Gasteiger partial charge is 0.193 e. The van der Waals surface area contributed by atoms with Crippen molar-refractivity contribution in [3.8, 4) is 0 Å². The van der Waals surface area contributed by atoms with Gasteiger partial charge in [0.1, 0.15) is 0 Å². The van der Waals surface area contributed by atoms with Crippen LogP contribution in [-0.2, 0) is 11.3 Å². The first-order valence-corrected chi connectivity index (χ1v) is 8.64. The van der Waals surface area contributed by atoms with Crippen LogP contribution >= 0.6 is 11.3 Å². The third kappa shape index (κ3) is 3.59. The van der Waals surface area contributed by atoms with E-state index in [4.69, 9.17) is 4.74 Å². The lowest BCUT2D eigenvalue weighted by atomic mass is 10.0. The minimum absolute atomic E-state index is 0.0762. The fraction of sp³-hybridized carbons (Fsp3) is 0.600. The van der Waals surface area contributed by atoms with E-state index in [0.29, 0.717) is 6.54 Å². The molecule has 0 saturated carbocycles. The zero-order valence-electron chi connectivity index (χ0n) is 13.1. The zero-order chi connectivity index (χ0) is 15.4. The van der Waals surface area contributed by atoms with E-state index in [1.165, 1.54) is 0 Å². The lowest BCUT2D eigenvalue weighted by Crippen LogP contribution is -2.45. The number of imidazole rings is 1. The molecule has 0 aromatic carbocycles. The van der Waals surface area contributed by atoms with Crippen LogP contribution in [0.15, 0.2) is 22.8 Å². The predicted molar refractivity (Wildman–Crippen MR) is 89.5 cm³/mol. The van der Waals surface area contributed by atoms with E-state index in [1.54, 1.807) is 11.3 Å². The lowest BCUT2D eigenvalue weighted by molar-refractivity contribution is 0.0243. The number of nitrogens with one attached hydrogen (secondary N) is 2. The number of fused-ring (bicyclic) bond motifs is 1. The first kappa shape index (κ1) is 15.3. The van der Waals surface area contributed by atoms with Crippen molar-refractivity contribution in [2.75, 3.05) is 19.7 Å². The van der Waals surface area contributed by atoms with Gasteiger partial charge in [0.25, 0.3) is 0 Å². The summed E-state index contributed by atoms with van der Waals surface area (Å²) in [6, 6.07) is 0. The Morgan fingerprint density at radius 1 is 1.55 bits per heavy atom. The molecule has 2 N–H and O–H groups in total. The molecule has 0 amide bonds. The lowest BCUT2D eigenvalue weighted by Gasteiger charge is -2.24. The molecular weight excluding hydrogens is 298 g/mol. The quantitative estimate of drug-likeness (QED) is 0.653. The van der Waals surface area contributed by atoms with Crippen LogP contribution in [-0.4, -0.2) is 40.6 Å². The molecule has 0 spiro atoms. The topological polar surface area (TPSA) is 63.0 Å². The summed E-state index contributed by atoms with van der Waals surface area (Å²) in [7, 11) is 0. The van der Waals surface area contributed by atoms with Gasteiger partial charge in [-0.1, -0.05) is 0 Å². The molecule has 2 aromatic rings. The highest BCUT2D eigenvalue weighted by molar-refractivity contribution is 7.15. The average molecular weight is 321 g/mol. The van der Waals surface area contributed by atoms with E-state index in [9.17, 15) is 0 Å². The molecule has 1 aliphatic heterocycles. The molecular formula is C15H23N5OS. The molecule has 1 saturated heterocycles. The van der Waals surface area contributed by atoms with Gasteiger partial charge < -0.3 is 15.4 Å². The van der Waals surface area contributed by atoms with Crippen LogP contribution < -0.4 is 10.6 Å². The first-order valence-electron chi connectivity index (χ1n) is 7.76. The van der Waals surface area contributed by atoms with E-state index in [1.807, 2.05) is 22.2 Å². The molecule has 22 heavy (non-hydrogen) atoms. The van der Waals surface area contributed by atoms with Crippen molar-refractivity contribution < 1.29 is 4.74 Å². The summed E-state index contributed by atoms with van der Waals surface area (Å²) in [5.74, 6) is 0.815. The van der Waals surface area contributed by atoms with Gasteiger partial charge in [0.05, 0.1) is 17.8 Å². The number of hydrogen-bond acceptors (Lipinski definition) is 4. The summed E-state index contributed by atoms with van der Waals surface area (Å²) >= 11 is 1.63. The normalized spacial score (nSPS) is 22.4. The molecule has 0 aliphatic carbocycles. The maximum absolute atomic E-state index is 5.80. The van der Waals surface area contributed by atoms with Crippen LogP contribution in [0.25, 0.3) is 4.96 Å². The van der Waals surface area contributed by atoms with E-state index in [0.717, 1.165) is 49.2 Å². The van der Waals surface area contributed by atoms with Gasteiger partial charge in [-0.3, -0.25) is 4.40 Å². The second-order valence-electron chi connectivity index (χ2n) is 5.78. The summed E-state index contributed by atoms with van der Waals surface area (Å²) in [5, 5.41) is 8.69. The highest BCUT2D eigenvalue weighted by Gasteiger charge is 2.29. The Balaban J connectivity index is 1.60. The standard InChI is InChI=1S/C15H23N5OS/c1-3-16-13(18-11-15(2)5-4-7-21-15)17-9-12-10-20-6-8-22-14(20)19-12/h6,8,10H,3-5,7,9,11H2,1-2H3,(H2,16,17,18). The summed E-state index contributed by atoms with van der Waals surface area (Å²) in [6.45, 7) is 7.26. The predicted octanol–water partition coefficient (Wildman–Crippen LogP) is 2.02. The number of rotatable bonds is 5. The van der Waals surface area contributed by atoms with Gasteiger partial charge in [-0.15, -0.1) is 11.3 Å². The number of thiazole rings is 1. The minimum atomic E-state index is -0.0762. The second kappa shape index (κ2) is 6.66. The van der Waals surface area contributed by atoms with Crippen molar-refractivity contribution in [3.63, 3.8) is 0 Å². The zero-order valence-corrected chi connectivity index (χ0v) is 13.9. The van der Waals surface area contributed by atoms with E-state index >= 15 is 0 Å². The van der Waals surface area contributed by atoms with E-state index in [2.05, 4.69) is 34.5 Å². The van der Waals surface area contributed by atoms with Crippen LogP contribution in [0, 0.1) is 0 Å². The third-order valence-corrected chi connectivity index (χ3v) is 4.59. The summed E-state index contributed by atoms with van der Waals surface area (Å²) in [4.78, 5) is 10.2. The molecule has 3 heterocycles. The van der Waals surface area contributed by atoms with Gasteiger partial charge in [-0.2, -0.15) is 0 Å². The summed E-state index contributed by atoms with van der Waals surface area (Å²) in [5.41, 5.74) is 0.903. The van der Waals surface area contributed by atoms with Crippen LogP contribution in [0.1, 0.15) is 32.4 Å². The first-order chi connectivity index (χ1) is 10.7. The second-order valence-corrected chi connectivity index (χ2v) is 6.65. The number of nitrogens with zero attached hydrogens (tertiary/aromatic N) is 3. The van der Waals surface area contributed by atoms with E-state index < -0.39 is 0 Å². The average Bonchev–Trinajstić information content (AvgIpc) is 3.18. The monoisotopic (exact) mass is 321 g/mol. The number of ether oxygens (including phenoxy) is 1. The molecule has 6 nitrogen and oxygen atoms in total. The molecule has 3 rings (SSSR count). The van der Waals surface area contributed by atoms with Crippen molar-refractivity contribution in [2.45, 2.75) is 38.8 Å². The Bertz CT molecular complexity index is 613. The molecule has 7 heteroatoms. The Morgan fingerprint density at radius 2 is 2.45 bits per heavy atom. The molecule has 1 unspecified atom stereocenters. The van der Waals surface area contributed by atoms with Crippen LogP contribution in [0.2, 0.25) is 0 Å². The van der Waals surface area contributed by atoms with Gasteiger partial charge in [-0.05, 0) is 26.7 Å². The Morgan fingerprint density at radius 3 is 3.18 bits per heavy atom. The largest absolute Gasteiger partial charge is 0.373 e. The highest BCUT2D eigenvalue weighted by atomic mass is 32.1. The summed E-state index contributed by atoms with van der Waals surface area (Å²) in [6.07, 6.45) is 6.27. The molecule has 0 radical (unpaired) electrons. The fourth-order valence-corrected chi connectivity index (χ4v) is 3.32. The van der Waals surface area contributed by atoms with Crippen molar-refractivity contribution in [3.05, 3.63) is 23.5 Å². The van der Waals surface area contributed by atoms with Gasteiger partial charge >= 0.3 is 0 Å². The molecule has 0 bridgehead atoms. The minimum Gasteiger partial charge on any atom is -0.373 e.